The number of hydrogen-bond acceptors (Lipinski definition) is 3. The molecule has 5 heteroatoms. The maximum Gasteiger partial charge on any atom is 0.138 e. The third-order valence-corrected chi connectivity index (χ3v) is 3.78. The lowest BCUT2D eigenvalue weighted by molar-refractivity contribution is 0.392. The molecule has 1 aromatic carbocycles. The van der Waals surface area contributed by atoms with Gasteiger partial charge in [0, 0.05) is 29.2 Å². The molecule has 0 saturated heterocycles. The summed E-state index contributed by atoms with van der Waals surface area (Å²) >= 11 is 0. The zero-order valence-corrected chi connectivity index (χ0v) is 12.2. The fourth-order valence-corrected chi connectivity index (χ4v) is 2.56. The average molecular weight is 287 g/mol. The van der Waals surface area contributed by atoms with Crippen molar-refractivity contribution >= 4 is 10.9 Å². The number of nitrogens with zero attached hydrogens (tertiary/aromatic N) is 1. The summed E-state index contributed by atoms with van der Waals surface area (Å²) in [5.41, 5.74) is 4.09. The fourth-order valence-electron chi connectivity index (χ4n) is 2.56. The van der Waals surface area contributed by atoms with Gasteiger partial charge in [0.15, 0.2) is 0 Å². The van der Waals surface area contributed by atoms with Crippen molar-refractivity contribution in [3.63, 3.8) is 0 Å². The molecule has 3 aromatic rings. The van der Waals surface area contributed by atoms with Crippen LogP contribution in [0, 0.1) is 19.7 Å². The van der Waals surface area contributed by atoms with Gasteiger partial charge in [0.05, 0.1) is 5.69 Å². The third-order valence-electron chi connectivity index (χ3n) is 3.78. The number of fused-ring (bicyclic) bond motifs is 1. The van der Waals surface area contributed by atoms with E-state index in [1.54, 1.807) is 0 Å². The molecule has 110 valence electrons. The normalized spacial score (nSPS) is 11.4. The molecular weight excluding hydrogens is 269 g/mol. The predicted molar refractivity (Wildman–Crippen MR) is 79.6 cm³/mol. The van der Waals surface area contributed by atoms with Crippen LogP contribution < -0.4 is 5.32 Å². The van der Waals surface area contributed by atoms with Crippen molar-refractivity contribution in [2.45, 2.75) is 26.8 Å². The Hall–Kier alpha value is -2.14. The standard InChI is InChI=1S/C16H18FN3O/c1-10-15(11(2)21-20-10)9-18-6-5-12-8-19-16-7-13(17)3-4-14(12)16/h3-4,7-8,18-19H,5-6,9H2,1-2H3. The summed E-state index contributed by atoms with van der Waals surface area (Å²) in [5, 5.41) is 8.41. The number of rotatable bonds is 5. The highest BCUT2D eigenvalue weighted by atomic mass is 19.1. The first-order valence-corrected chi connectivity index (χ1v) is 7.03. The summed E-state index contributed by atoms with van der Waals surface area (Å²) in [7, 11) is 0. The summed E-state index contributed by atoms with van der Waals surface area (Å²) in [6.07, 6.45) is 2.83. The van der Waals surface area contributed by atoms with E-state index in [4.69, 9.17) is 4.52 Å². The Morgan fingerprint density at radius 1 is 1.33 bits per heavy atom. The molecule has 0 unspecified atom stereocenters. The van der Waals surface area contributed by atoms with Gasteiger partial charge in [-0.2, -0.15) is 0 Å². The van der Waals surface area contributed by atoms with E-state index in [0.717, 1.165) is 47.4 Å². The van der Waals surface area contributed by atoms with E-state index >= 15 is 0 Å². The number of hydrogen-bond donors (Lipinski definition) is 2. The van der Waals surface area contributed by atoms with Crippen LogP contribution in [-0.2, 0) is 13.0 Å². The molecular formula is C16H18FN3O. The molecule has 2 N–H and O–H groups in total. The van der Waals surface area contributed by atoms with Crippen LogP contribution in [0.15, 0.2) is 28.9 Å². The van der Waals surface area contributed by atoms with Crippen LogP contribution >= 0.6 is 0 Å². The Morgan fingerprint density at radius 2 is 2.19 bits per heavy atom. The van der Waals surface area contributed by atoms with Gasteiger partial charge < -0.3 is 14.8 Å². The first-order valence-electron chi connectivity index (χ1n) is 7.03. The van der Waals surface area contributed by atoms with Crippen molar-refractivity contribution in [2.24, 2.45) is 0 Å². The molecule has 0 fully saturated rings. The van der Waals surface area contributed by atoms with Crippen LogP contribution in [0.2, 0.25) is 0 Å². The van der Waals surface area contributed by atoms with E-state index in [2.05, 4.69) is 15.5 Å². The van der Waals surface area contributed by atoms with Crippen molar-refractivity contribution < 1.29 is 8.91 Å². The SMILES string of the molecule is Cc1noc(C)c1CNCCc1c[nH]c2cc(F)ccc12. The lowest BCUT2D eigenvalue weighted by atomic mass is 10.1. The zero-order valence-electron chi connectivity index (χ0n) is 12.2. The molecule has 2 aromatic heterocycles. The highest BCUT2D eigenvalue weighted by Gasteiger charge is 2.08. The number of aromatic amines is 1. The van der Waals surface area contributed by atoms with E-state index < -0.39 is 0 Å². The molecule has 4 nitrogen and oxygen atoms in total. The van der Waals surface area contributed by atoms with E-state index in [-0.39, 0.29) is 5.82 Å². The molecule has 0 aliphatic carbocycles. The Morgan fingerprint density at radius 3 is 2.95 bits per heavy atom. The van der Waals surface area contributed by atoms with Crippen LogP contribution in [-0.4, -0.2) is 16.7 Å². The molecule has 0 saturated carbocycles. The molecule has 0 bridgehead atoms. The summed E-state index contributed by atoms with van der Waals surface area (Å²) in [5.74, 6) is 0.648. The maximum absolute atomic E-state index is 13.1. The zero-order chi connectivity index (χ0) is 14.8. The van der Waals surface area contributed by atoms with Crippen LogP contribution in [0.4, 0.5) is 4.39 Å². The van der Waals surface area contributed by atoms with Crippen LogP contribution in [0.3, 0.4) is 0 Å². The monoisotopic (exact) mass is 287 g/mol. The Balaban J connectivity index is 1.60. The second kappa shape index (κ2) is 5.69. The largest absolute Gasteiger partial charge is 0.361 e. The van der Waals surface area contributed by atoms with E-state index in [1.165, 1.54) is 17.7 Å². The van der Waals surface area contributed by atoms with Crippen molar-refractivity contribution in [1.29, 1.82) is 0 Å². The van der Waals surface area contributed by atoms with Gasteiger partial charge >= 0.3 is 0 Å². The van der Waals surface area contributed by atoms with Gasteiger partial charge in [0.25, 0.3) is 0 Å². The van der Waals surface area contributed by atoms with Crippen molar-refractivity contribution in [1.82, 2.24) is 15.5 Å². The number of aryl methyl sites for hydroxylation is 2. The number of H-pyrrole nitrogens is 1. The predicted octanol–water partition coefficient (Wildman–Crippen LogP) is 3.24. The van der Waals surface area contributed by atoms with Gasteiger partial charge in [-0.15, -0.1) is 0 Å². The molecule has 21 heavy (non-hydrogen) atoms. The molecule has 0 atom stereocenters. The van der Waals surface area contributed by atoms with Gasteiger partial charge in [-0.1, -0.05) is 5.16 Å². The van der Waals surface area contributed by atoms with Crippen LogP contribution in [0.25, 0.3) is 10.9 Å². The van der Waals surface area contributed by atoms with Gasteiger partial charge in [-0.05, 0) is 50.6 Å². The molecule has 0 amide bonds. The van der Waals surface area contributed by atoms with Crippen LogP contribution in [0.1, 0.15) is 22.6 Å². The smallest absolute Gasteiger partial charge is 0.138 e. The lowest BCUT2D eigenvalue weighted by Gasteiger charge is -2.04. The van der Waals surface area contributed by atoms with E-state index in [9.17, 15) is 4.39 Å². The number of nitrogens with one attached hydrogen (secondary N) is 2. The Kier molecular flexibility index (Phi) is 3.75. The quantitative estimate of drug-likeness (QED) is 0.708. The third kappa shape index (κ3) is 2.83. The van der Waals surface area contributed by atoms with Crippen molar-refractivity contribution in [3.8, 4) is 0 Å². The number of aromatic nitrogens is 2. The summed E-state index contributed by atoms with van der Waals surface area (Å²) in [6, 6.07) is 4.85. The van der Waals surface area contributed by atoms with E-state index in [1.807, 2.05) is 26.1 Å². The Bertz CT molecular complexity index is 741. The lowest BCUT2D eigenvalue weighted by Crippen LogP contribution is -2.17. The van der Waals surface area contributed by atoms with E-state index in [0.29, 0.717) is 0 Å². The molecule has 2 heterocycles. The first-order chi connectivity index (χ1) is 10.1. The van der Waals surface area contributed by atoms with Gasteiger partial charge in [0.2, 0.25) is 0 Å². The molecule has 0 aliphatic heterocycles. The van der Waals surface area contributed by atoms with Crippen molar-refractivity contribution in [2.75, 3.05) is 6.54 Å². The fraction of sp³-hybridized carbons (Fsp3) is 0.312. The minimum absolute atomic E-state index is 0.215. The molecule has 3 rings (SSSR count). The highest BCUT2D eigenvalue weighted by Crippen LogP contribution is 2.19. The molecule has 0 aliphatic rings. The van der Waals surface area contributed by atoms with Crippen molar-refractivity contribution in [3.05, 3.63) is 52.8 Å². The minimum atomic E-state index is -0.215. The maximum atomic E-state index is 13.1. The summed E-state index contributed by atoms with van der Waals surface area (Å²) in [4.78, 5) is 3.11. The van der Waals surface area contributed by atoms with Gasteiger partial charge in [-0.3, -0.25) is 0 Å². The summed E-state index contributed by atoms with van der Waals surface area (Å²) < 4.78 is 18.3. The first kappa shape index (κ1) is 13.8. The van der Waals surface area contributed by atoms with Gasteiger partial charge in [-0.25, -0.2) is 4.39 Å². The number of halogens is 1. The second-order valence-electron chi connectivity index (χ2n) is 5.23. The minimum Gasteiger partial charge on any atom is -0.361 e. The highest BCUT2D eigenvalue weighted by molar-refractivity contribution is 5.83. The van der Waals surface area contributed by atoms with Gasteiger partial charge in [0.1, 0.15) is 11.6 Å². The van der Waals surface area contributed by atoms with Crippen LogP contribution in [0.5, 0.6) is 0 Å². The topological polar surface area (TPSA) is 53.9 Å². The number of benzene rings is 1. The second-order valence-corrected chi connectivity index (χ2v) is 5.23. The molecule has 0 radical (unpaired) electrons. The summed E-state index contributed by atoms with van der Waals surface area (Å²) in [6.45, 7) is 5.46. The molecule has 0 spiro atoms. The average Bonchev–Trinajstić information content (AvgIpc) is 3.00. The Labute approximate surface area is 122 Å².